The van der Waals surface area contributed by atoms with Gasteiger partial charge in [-0.15, -0.1) is 0 Å². The summed E-state index contributed by atoms with van der Waals surface area (Å²) < 4.78 is 0. The third-order valence-corrected chi connectivity index (χ3v) is 6.51. The molecule has 0 radical (unpaired) electrons. The van der Waals surface area contributed by atoms with Crippen LogP contribution >= 0.6 is 0 Å². The van der Waals surface area contributed by atoms with Gasteiger partial charge in [-0.1, -0.05) is 0 Å². The van der Waals surface area contributed by atoms with E-state index in [9.17, 15) is 0 Å². The highest BCUT2D eigenvalue weighted by molar-refractivity contribution is 5.99. The summed E-state index contributed by atoms with van der Waals surface area (Å²) in [6.07, 6.45) is 15.1. The molecule has 6 heteroatoms. The minimum Gasteiger partial charge on any atom is -0.354 e. The molecule has 0 saturated carbocycles. The second-order valence-corrected chi connectivity index (χ2v) is 8.62. The first-order valence-electron chi connectivity index (χ1n) is 11.7. The van der Waals surface area contributed by atoms with Crippen LogP contribution in [0.4, 0.5) is 0 Å². The summed E-state index contributed by atoms with van der Waals surface area (Å²) in [7, 11) is 0. The quantitative estimate of drug-likeness (QED) is 0.300. The molecule has 7 rings (SSSR count). The van der Waals surface area contributed by atoms with E-state index >= 15 is 0 Å². The van der Waals surface area contributed by atoms with Crippen molar-refractivity contribution in [2.24, 2.45) is 0 Å². The lowest BCUT2D eigenvalue weighted by molar-refractivity contribution is 1.29. The zero-order valence-electron chi connectivity index (χ0n) is 19.2. The smallest absolute Gasteiger partial charge is 0.0737 e. The third-order valence-electron chi connectivity index (χ3n) is 6.51. The number of H-pyrrole nitrogens is 2. The van der Waals surface area contributed by atoms with Gasteiger partial charge in [0.15, 0.2) is 0 Å². The van der Waals surface area contributed by atoms with Gasteiger partial charge in [-0.25, -0.2) is 4.98 Å². The molecule has 0 spiro atoms. The Bertz CT molecular complexity index is 1700. The Kier molecular flexibility index (Phi) is 4.67. The molecule has 0 saturated heterocycles. The molecule has 6 aromatic rings. The van der Waals surface area contributed by atoms with Gasteiger partial charge in [0, 0.05) is 75.9 Å². The topological polar surface area (TPSA) is 83.1 Å². The van der Waals surface area contributed by atoms with Crippen LogP contribution in [0.1, 0.15) is 11.4 Å². The molecule has 0 fully saturated rings. The van der Waals surface area contributed by atoms with E-state index < -0.39 is 0 Å². The maximum absolute atomic E-state index is 5.13. The Morgan fingerprint density at radius 1 is 0.389 bits per heavy atom. The summed E-state index contributed by atoms with van der Waals surface area (Å²) in [6.45, 7) is 0. The standard InChI is InChI=1S/C30H20N6/c1-2-23-29(20-9-15-32-16-10-20)25-5-6-27(36-25)30(21-11-17-33-18-12-21)26-4-3-24(35-26)28(22(1)34-23)19-7-13-31-14-8-19/h1-18,34-35H. The number of aromatic amines is 2. The van der Waals surface area contributed by atoms with E-state index in [4.69, 9.17) is 4.98 Å². The van der Waals surface area contributed by atoms with Gasteiger partial charge in [0.1, 0.15) is 0 Å². The maximum atomic E-state index is 5.13. The van der Waals surface area contributed by atoms with Crippen molar-refractivity contribution in [2.75, 3.05) is 0 Å². The Morgan fingerprint density at radius 2 is 0.722 bits per heavy atom. The second-order valence-electron chi connectivity index (χ2n) is 8.62. The van der Waals surface area contributed by atoms with Crippen LogP contribution in [0.2, 0.25) is 0 Å². The Hall–Kier alpha value is -5.10. The van der Waals surface area contributed by atoms with Gasteiger partial charge in [-0.3, -0.25) is 15.0 Å². The summed E-state index contributed by atoms with van der Waals surface area (Å²) in [5.41, 5.74) is 12.1. The zero-order valence-corrected chi connectivity index (χ0v) is 19.2. The van der Waals surface area contributed by atoms with Gasteiger partial charge in [0.2, 0.25) is 0 Å². The highest BCUT2D eigenvalue weighted by Crippen LogP contribution is 2.36. The summed E-state index contributed by atoms with van der Waals surface area (Å²) in [5.74, 6) is 0. The predicted octanol–water partition coefficient (Wildman–Crippen LogP) is 6.84. The van der Waals surface area contributed by atoms with Crippen molar-refractivity contribution < 1.29 is 0 Å². The number of aromatic nitrogens is 6. The van der Waals surface area contributed by atoms with Gasteiger partial charge >= 0.3 is 0 Å². The number of nitrogens with zero attached hydrogens (tertiary/aromatic N) is 4. The van der Waals surface area contributed by atoms with Gasteiger partial charge in [-0.2, -0.15) is 0 Å². The third kappa shape index (κ3) is 3.35. The first-order valence-corrected chi connectivity index (χ1v) is 11.7. The summed E-state index contributed by atoms with van der Waals surface area (Å²) in [5, 5.41) is 0. The summed E-state index contributed by atoms with van der Waals surface area (Å²) in [6, 6.07) is 20.7. The fourth-order valence-corrected chi connectivity index (χ4v) is 4.91. The molecule has 0 unspecified atom stereocenters. The molecule has 0 amide bonds. The van der Waals surface area contributed by atoms with Crippen LogP contribution < -0.4 is 0 Å². The van der Waals surface area contributed by atoms with Crippen molar-refractivity contribution in [2.45, 2.75) is 0 Å². The van der Waals surface area contributed by atoms with Gasteiger partial charge < -0.3 is 9.97 Å². The van der Waals surface area contributed by atoms with Crippen LogP contribution in [-0.2, 0) is 0 Å². The van der Waals surface area contributed by atoms with E-state index in [1.165, 1.54) is 0 Å². The van der Waals surface area contributed by atoms with Crippen LogP contribution in [0, 0.1) is 0 Å². The Labute approximate surface area is 206 Å². The van der Waals surface area contributed by atoms with Gasteiger partial charge in [0.25, 0.3) is 0 Å². The van der Waals surface area contributed by atoms with Crippen LogP contribution in [0.25, 0.3) is 67.6 Å². The zero-order chi connectivity index (χ0) is 23.9. The molecule has 36 heavy (non-hydrogen) atoms. The molecule has 0 atom stereocenters. The molecule has 6 aromatic heterocycles. The molecular formula is C30H20N6. The minimum absolute atomic E-state index is 0.897. The van der Waals surface area contributed by atoms with Crippen molar-refractivity contribution in [3.8, 4) is 33.4 Å². The number of nitrogens with one attached hydrogen (secondary N) is 2. The lowest BCUT2D eigenvalue weighted by Gasteiger charge is -2.06. The van der Waals surface area contributed by atoms with Gasteiger partial charge in [-0.05, 0) is 89.5 Å². The van der Waals surface area contributed by atoms with E-state index in [-0.39, 0.29) is 0 Å². The maximum Gasteiger partial charge on any atom is 0.0737 e. The van der Waals surface area contributed by atoms with Crippen molar-refractivity contribution in [3.05, 3.63) is 109 Å². The first kappa shape index (κ1) is 20.3. The molecule has 1 aliphatic rings. The number of rotatable bonds is 3. The van der Waals surface area contributed by atoms with Crippen molar-refractivity contribution in [1.29, 1.82) is 0 Å². The van der Waals surface area contributed by atoms with E-state index in [0.717, 1.165) is 66.8 Å². The lowest BCUT2D eigenvalue weighted by atomic mass is 10.1. The molecule has 0 aliphatic carbocycles. The number of fused-ring (bicyclic) bond motifs is 6. The molecular weight excluding hydrogens is 444 g/mol. The van der Waals surface area contributed by atoms with Crippen LogP contribution in [0.5, 0.6) is 0 Å². The highest BCUT2D eigenvalue weighted by atomic mass is 14.8. The number of pyridine rings is 3. The highest BCUT2D eigenvalue weighted by Gasteiger charge is 2.16. The molecule has 0 aromatic carbocycles. The number of hydrogen-bond acceptors (Lipinski definition) is 4. The Morgan fingerprint density at radius 3 is 1.11 bits per heavy atom. The molecule has 1 aliphatic heterocycles. The molecule has 2 N–H and O–H groups in total. The molecule has 6 nitrogen and oxygen atoms in total. The first-order chi connectivity index (χ1) is 17.8. The average molecular weight is 465 g/mol. The monoisotopic (exact) mass is 464 g/mol. The predicted molar refractivity (Wildman–Crippen MR) is 144 cm³/mol. The van der Waals surface area contributed by atoms with Crippen molar-refractivity contribution in [3.63, 3.8) is 0 Å². The van der Waals surface area contributed by atoms with E-state index in [2.05, 4.69) is 61.3 Å². The van der Waals surface area contributed by atoms with E-state index in [1.54, 1.807) is 0 Å². The lowest BCUT2D eigenvalue weighted by Crippen LogP contribution is -1.89. The summed E-state index contributed by atoms with van der Waals surface area (Å²) >= 11 is 0. The van der Waals surface area contributed by atoms with Crippen LogP contribution in [0.15, 0.2) is 97.8 Å². The number of hydrogen-bond donors (Lipinski definition) is 2. The average Bonchev–Trinajstić information content (AvgIpc) is 3.70. The van der Waals surface area contributed by atoms with Crippen molar-refractivity contribution >= 4 is 34.2 Å². The largest absolute Gasteiger partial charge is 0.354 e. The molecule has 7 heterocycles. The Balaban J connectivity index is 1.69. The normalized spacial score (nSPS) is 11.8. The second kappa shape index (κ2) is 8.29. The van der Waals surface area contributed by atoms with Crippen LogP contribution in [-0.4, -0.2) is 29.9 Å². The SMILES string of the molecule is C1=Cc2nc1c(-c1ccncc1)c1ccc([nH]1)c(-c1ccncc1)c1ccc([nH]1)c2-c1ccncc1. The van der Waals surface area contributed by atoms with Crippen LogP contribution in [0.3, 0.4) is 0 Å². The van der Waals surface area contributed by atoms with E-state index in [1.807, 2.05) is 73.6 Å². The molecule has 170 valence electrons. The van der Waals surface area contributed by atoms with E-state index in [0.29, 0.717) is 0 Å². The molecule has 6 bridgehead atoms. The van der Waals surface area contributed by atoms with Gasteiger partial charge in [0.05, 0.1) is 11.4 Å². The minimum atomic E-state index is 0.897. The summed E-state index contributed by atoms with van der Waals surface area (Å²) in [4.78, 5) is 25.2. The fourth-order valence-electron chi connectivity index (χ4n) is 4.91. The van der Waals surface area contributed by atoms with Crippen molar-refractivity contribution in [1.82, 2.24) is 29.9 Å². The fraction of sp³-hybridized carbons (Fsp3) is 0.